The molecule has 4 rings (SSSR count). The van der Waals surface area contributed by atoms with Crippen LogP contribution in [-0.4, -0.2) is 40.7 Å². The predicted molar refractivity (Wildman–Crippen MR) is 112 cm³/mol. The molecule has 7 heteroatoms. The highest BCUT2D eigenvalue weighted by Crippen LogP contribution is 2.16. The van der Waals surface area contributed by atoms with E-state index in [1.807, 2.05) is 24.3 Å². The lowest BCUT2D eigenvalue weighted by Crippen LogP contribution is -2.25. The summed E-state index contributed by atoms with van der Waals surface area (Å²) >= 11 is 0. The normalized spacial score (nSPS) is 14.0. The van der Waals surface area contributed by atoms with Crippen molar-refractivity contribution in [2.24, 2.45) is 0 Å². The molecule has 3 aromatic rings. The standard InChI is InChI=1S/C23H24FN3O3/c24-22-5-3-4-18(25-22)17-30-21-10-13-27(23(28)16-21)19-6-8-20(9-7-19)29-15-14-26-11-1-2-12-26/h3-10,13,16H,1-2,11-12,14-15,17H2. The quantitative estimate of drug-likeness (QED) is 0.534. The van der Waals surface area contributed by atoms with Crippen molar-refractivity contribution in [3.8, 4) is 17.2 Å². The largest absolute Gasteiger partial charge is 0.492 e. The number of pyridine rings is 2. The maximum Gasteiger partial charge on any atom is 0.258 e. The molecule has 3 heterocycles. The van der Waals surface area contributed by atoms with Crippen molar-refractivity contribution < 1.29 is 13.9 Å². The van der Waals surface area contributed by atoms with Gasteiger partial charge in [-0.1, -0.05) is 6.07 Å². The zero-order chi connectivity index (χ0) is 20.8. The van der Waals surface area contributed by atoms with Crippen LogP contribution in [0.1, 0.15) is 18.5 Å². The van der Waals surface area contributed by atoms with E-state index in [9.17, 15) is 9.18 Å². The first kappa shape index (κ1) is 20.1. The molecule has 0 spiro atoms. The van der Waals surface area contributed by atoms with Gasteiger partial charge in [0.1, 0.15) is 24.7 Å². The predicted octanol–water partition coefficient (Wildman–Crippen LogP) is 3.43. The maximum absolute atomic E-state index is 13.1. The van der Waals surface area contributed by atoms with Crippen LogP contribution in [0.5, 0.6) is 11.5 Å². The summed E-state index contributed by atoms with van der Waals surface area (Å²) in [5, 5.41) is 0. The zero-order valence-electron chi connectivity index (χ0n) is 16.7. The fourth-order valence-electron chi connectivity index (χ4n) is 3.45. The van der Waals surface area contributed by atoms with Crippen molar-refractivity contribution in [2.75, 3.05) is 26.2 Å². The van der Waals surface area contributed by atoms with Gasteiger partial charge >= 0.3 is 0 Å². The summed E-state index contributed by atoms with van der Waals surface area (Å²) in [7, 11) is 0. The average Bonchev–Trinajstić information content (AvgIpc) is 3.27. The summed E-state index contributed by atoms with van der Waals surface area (Å²) in [6.07, 6.45) is 4.20. The Kier molecular flexibility index (Phi) is 6.39. The smallest absolute Gasteiger partial charge is 0.258 e. The van der Waals surface area contributed by atoms with Gasteiger partial charge in [-0.05, 0) is 68.4 Å². The van der Waals surface area contributed by atoms with E-state index < -0.39 is 5.95 Å². The number of ether oxygens (including phenoxy) is 2. The average molecular weight is 409 g/mol. The first-order chi connectivity index (χ1) is 14.7. The number of hydrogen-bond acceptors (Lipinski definition) is 5. The van der Waals surface area contributed by atoms with Crippen LogP contribution in [0.4, 0.5) is 4.39 Å². The Balaban J connectivity index is 1.34. The molecule has 156 valence electrons. The second-order valence-electron chi connectivity index (χ2n) is 7.20. The third-order valence-corrected chi connectivity index (χ3v) is 5.04. The summed E-state index contributed by atoms with van der Waals surface area (Å²) in [4.78, 5) is 18.6. The van der Waals surface area contributed by atoms with E-state index in [2.05, 4.69) is 9.88 Å². The minimum absolute atomic E-state index is 0.0880. The number of nitrogens with zero attached hydrogens (tertiary/aromatic N) is 3. The Labute approximate surface area is 174 Å². The van der Waals surface area contributed by atoms with Gasteiger partial charge in [0.15, 0.2) is 0 Å². The molecule has 0 bridgehead atoms. The van der Waals surface area contributed by atoms with E-state index in [4.69, 9.17) is 9.47 Å². The Morgan fingerprint density at radius 1 is 0.967 bits per heavy atom. The van der Waals surface area contributed by atoms with E-state index in [1.54, 1.807) is 24.4 Å². The molecule has 1 aliphatic rings. The highest BCUT2D eigenvalue weighted by atomic mass is 19.1. The van der Waals surface area contributed by atoms with Crippen molar-refractivity contribution in [2.45, 2.75) is 19.4 Å². The van der Waals surface area contributed by atoms with Crippen LogP contribution in [0.15, 0.2) is 65.6 Å². The highest BCUT2D eigenvalue weighted by molar-refractivity contribution is 5.38. The lowest BCUT2D eigenvalue weighted by Gasteiger charge is -2.15. The van der Waals surface area contributed by atoms with Crippen molar-refractivity contribution in [3.05, 3.63) is 82.8 Å². The molecule has 1 aromatic carbocycles. The summed E-state index contributed by atoms with van der Waals surface area (Å²) < 4.78 is 26.0. The van der Waals surface area contributed by atoms with Crippen LogP contribution < -0.4 is 15.0 Å². The second-order valence-corrected chi connectivity index (χ2v) is 7.20. The summed E-state index contributed by atoms with van der Waals surface area (Å²) in [5.41, 5.74) is 0.979. The monoisotopic (exact) mass is 409 g/mol. The lowest BCUT2D eigenvalue weighted by molar-refractivity contribution is 0.238. The minimum Gasteiger partial charge on any atom is -0.492 e. The van der Waals surface area contributed by atoms with E-state index in [1.165, 1.54) is 29.5 Å². The highest BCUT2D eigenvalue weighted by Gasteiger charge is 2.11. The van der Waals surface area contributed by atoms with Crippen molar-refractivity contribution in [1.82, 2.24) is 14.5 Å². The van der Waals surface area contributed by atoms with E-state index in [-0.39, 0.29) is 12.2 Å². The van der Waals surface area contributed by atoms with Crippen molar-refractivity contribution in [1.29, 1.82) is 0 Å². The van der Waals surface area contributed by atoms with E-state index in [0.717, 1.165) is 31.1 Å². The van der Waals surface area contributed by atoms with Gasteiger partial charge in [-0.2, -0.15) is 4.39 Å². The van der Waals surface area contributed by atoms with Crippen LogP contribution in [0, 0.1) is 5.95 Å². The van der Waals surface area contributed by atoms with Gasteiger partial charge < -0.3 is 9.47 Å². The molecule has 1 saturated heterocycles. The topological polar surface area (TPSA) is 56.6 Å². The third-order valence-electron chi connectivity index (χ3n) is 5.04. The van der Waals surface area contributed by atoms with Crippen LogP contribution in [0.3, 0.4) is 0 Å². The van der Waals surface area contributed by atoms with Crippen LogP contribution in [0.2, 0.25) is 0 Å². The van der Waals surface area contributed by atoms with Crippen LogP contribution in [0.25, 0.3) is 5.69 Å². The molecule has 0 aliphatic carbocycles. The molecule has 1 fully saturated rings. The van der Waals surface area contributed by atoms with E-state index in [0.29, 0.717) is 18.1 Å². The molecular weight excluding hydrogens is 385 g/mol. The Hall–Kier alpha value is -3.19. The van der Waals surface area contributed by atoms with Crippen molar-refractivity contribution in [3.63, 3.8) is 0 Å². The van der Waals surface area contributed by atoms with Gasteiger partial charge in [-0.3, -0.25) is 14.3 Å². The molecule has 0 N–H and O–H groups in total. The molecule has 0 atom stereocenters. The SMILES string of the molecule is O=c1cc(OCc2cccc(F)n2)ccn1-c1ccc(OCCN2CCCC2)cc1. The molecule has 0 amide bonds. The van der Waals surface area contributed by atoms with Crippen molar-refractivity contribution >= 4 is 0 Å². The van der Waals surface area contributed by atoms with Gasteiger partial charge in [0, 0.05) is 24.5 Å². The number of benzene rings is 1. The fourth-order valence-corrected chi connectivity index (χ4v) is 3.45. The third kappa shape index (κ3) is 5.24. The Morgan fingerprint density at radius 2 is 1.77 bits per heavy atom. The van der Waals surface area contributed by atoms with Gasteiger partial charge in [-0.25, -0.2) is 4.98 Å². The molecule has 0 radical (unpaired) electrons. The molecule has 0 unspecified atom stereocenters. The maximum atomic E-state index is 13.1. The zero-order valence-corrected chi connectivity index (χ0v) is 16.7. The molecule has 30 heavy (non-hydrogen) atoms. The second kappa shape index (κ2) is 9.54. The summed E-state index contributed by atoms with van der Waals surface area (Å²) in [6, 6.07) is 15.0. The van der Waals surface area contributed by atoms with Crippen LogP contribution in [-0.2, 0) is 6.61 Å². The van der Waals surface area contributed by atoms with Gasteiger partial charge in [0.25, 0.3) is 5.56 Å². The first-order valence-electron chi connectivity index (χ1n) is 10.1. The van der Waals surface area contributed by atoms with E-state index >= 15 is 0 Å². The van der Waals surface area contributed by atoms with Gasteiger partial charge in [0.05, 0.1) is 5.69 Å². The van der Waals surface area contributed by atoms with Gasteiger partial charge in [0.2, 0.25) is 5.95 Å². The summed E-state index contributed by atoms with van der Waals surface area (Å²) in [6.45, 7) is 4.00. The Bertz CT molecular complexity index is 1030. The number of aromatic nitrogens is 2. The molecule has 0 saturated carbocycles. The fraction of sp³-hybridized carbons (Fsp3) is 0.304. The molecule has 2 aromatic heterocycles. The number of hydrogen-bond donors (Lipinski definition) is 0. The number of halogens is 1. The van der Waals surface area contributed by atoms with Gasteiger partial charge in [-0.15, -0.1) is 0 Å². The Morgan fingerprint density at radius 3 is 2.50 bits per heavy atom. The first-order valence-corrected chi connectivity index (χ1v) is 10.1. The number of likely N-dealkylation sites (tertiary alicyclic amines) is 1. The minimum atomic E-state index is -0.560. The lowest BCUT2D eigenvalue weighted by atomic mass is 10.3. The molecule has 1 aliphatic heterocycles. The van der Waals surface area contributed by atoms with Crippen LogP contribution >= 0.6 is 0 Å². The number of rotatable bonds is 8. The molecule has 6 nitrogen and oxygen atoms in total. The molecular formula is C23H24FN3O3. The summed E-state index contributed by atoms with van der Waals surface area (Å²) in [5.74, 6) is 0.632.